The topological polar surface area (TPSA) is 43.1 Å². The Labute approximate surface area is 83.5 Å². The molecule has 0 amide bonds. The van der Waals surface area contributed by atoms with E-state index in [2.05, 4.69) is 6.58 Å². The molecule has 1 unspecified atom stereocenters. The second-order valence-corrected chi connectivity index (χ2v) is 3.54. The van der Waals surface area contributed by atoms with Crippen molar-refractivity contribution < 1.29 is 4.79 Å². The van der Waals surface area contributed by atoms with E-state index in [9.17, 15) is 4.79 Å². The number of allylic oxidation sites excluding steroid dienone is 5. The van der Waals surface area contributed by atoms with Gasteiger partial charge < -0.3 is 5.73 Å². The van der Waals surface area contributed by atoms with Crippen molar-refractivity contribution in [3.8, 4) is 0 Å². The summed E-state index contributed by atoms with van der Waals surface area (Å²) in [5, 5.41) is 0. The van der Waals surface area contributed by atoms with Crippen LogP contribution in [0.4, 0.5) is 0 Å². The summed E-state index contributed by atoms with van der Waals surface area (Å²) in [6, 6.07) is 0. The van der Waals surface area contributed by atoms with Crippen LogP contribution in [-0.2, 0) is 4.79 Å². The first-order chi connectivity index (χ1) is 6.77. The second kappa shape index (κ2) is 3.39. The lowest BCUT2D eigenvalue weighted by atomic mass is 9.69. The van der Waals surface area contributed by atoms with Crippen LogP contribution >= 0.6 is 0 Å². The van der Waals surface area contributed by atoms with E-state index in [-0.39, 0.29) is 5.78 Å². The molecule has 1 atom stereocenters. The van der Waals surface area contributed by atoms with Gasteiger partial charge in [-0.1, -0.05) is 17.7 Å². The smallest absolute Gasteiger partial charge is 0.178 e. The zero-order valence-electron chi connectivity index (χ0n) is 7.99. The minimum absolute atomic E-state index is 0.0693. The van der Waals surface area contributed by atoms with Crippen molar-refractivity contribution in [2.75, 3.05) is 6.54 Å². The number of fused-ring (bicyclic) bond motifs is 1. The Hall–Kier alpha value is -1.41. The molecule has 72 valence electrons. The van der Waals surface area contributed by atoms with Crippen molar-refractivity contribution in [1.82, 2.24) is 0 Å². The van der Waals surface area contributed by atoms with Crippen LogP contribution in [0.5, 0.6) is 0 Å². The number of hydrogen-bond donors (Lipinski definition) is 1. The highest BCUT2D eigenvalue weighted by Gasteiger charge is 2.33. The minimum Gasteiger partial charge on any atom is -0.326 e. The van der Waals surface area contributed by atoms with E-state index in [1.165, 1.54) is 5.57 Å². The van der Waals surface area contributed by atoms with Gasteiger partial charge in [0.1, 0.15) is 0 Å². The first-order valence-electron chi connectivity index (χ1n) is 4.75. The molecular formula is C12H13NO. The molecule has 2 nitrogen and oxygen atoms in total. The van der Waals surface area contributed by atoms with Crippen LogP contribution in [0.25, 0.3) is 0 Å². The normalized spacial score (nSPS) is 24.2. The predicted octanol–water partition coefficient (Wildman–Crippen LogP) is 1.51. The average Bonchev–Trinajstić information content (AvgIpc) is 2.16. The van der Waals surface area contributed by atoms with Crippen LogP contribution in [0, 0.1) is 5.92 Å². The van der Waals surface area contributed by atoms with Crippen LogP contribution in [-0.4, -0.2) is 12.3 Å². The molecule has 2 aliphatic carbocycles. The van der Waals surface area contributed by atoms with Gasteiger partial charge in [-0.05, 0) is 29.7 Å². The lowest BCUT2D eigenvalue weighted by Gasteiger charge is -2.35. The van der Waals surface area contributed by atoms with E-state index in [0.717, 1.165) is 17.6 Å². The Morgan fingerprint density at radius 1 is 1.57 bits per heavy atom. The highest BCUT2D eigenvalue weighted by molar-refractivity contribution is 6.02. The van der Waals surface area contributed by atoms with Gasteiger partial charge in [0.05, 0.1) is 0 Å². The maximum Gasteiger partial charge on any atom is 0.178 e. The molecule has 0 aromatic carbocycles. The molecule has 0 saturated heterocycles. The number of carbonyl (C=O) groups is 1. The van der Waals surface area contributed by atoms with Gasteiger partial charge in [0.15, 0.2) is 5.78 Å². The fourth-order valence-electron chi connectivity index (χ4n) is 2.11. The number of ketones is 1. The molecule has 0 bridgehead atoms. The quantitative estimate of drug-likeness (QED) is 0.680. The van der Waals surface area contributed by atoms with Gasteiger partial charge in [-0.15, -0.1) is 6.58 Å². The van der Waals surface area contributed by atoms with Gasteiger partial charge in [-0.3, -0.25) is 4.79 Å². The molecule has 0 aliphatic heterocycles. The summed E-state index contributed by atoms with van der Waals surface area (Å²) in [4.78, 5) is 11.1. The number of rotatable bonds is 3. The van der Waals surface area contributed by atoms with Crippen LogP contribution in [0.15, 0.2) is 47.6 Å². The van der Waals surface area contributed by atoms with E-state index >= 15 is 0 Å². The van der Waals surface area contributed by atoms with Gasteiger partial charge in [-0.25, -0.2) is 0 Å². The van der Waals surface area contributed by atoms with Gasteiger partial charge in [0, 0.05) is 12.5 Å². The van der Waals surface area contributed by atoms with Crippen molar-refractivity contribution in [3.05, 3.63) is 47.6 Å². The van der Waals surface area contributed by atoms with Crippen molar-refractivity contribution >= 4 is 5.78 Å². The molecule has 0 heterocycles. The average molecular weight is 187 g/mol. The molecule has 0 aromatic heterocycles. The Morgan fingerprint density at radius 3 is 3.00 bits per heavy atom. The molecule has 2 aliphatic rings. The molecule has 0 radical (unpaired) electrons. The summed E-state index contributed by atoms with van der Waals surface area (Å²) in [7, 11) is 0. The summed E-state index contributed by atoms with van der Waals surface area (Å²) < 4.78 is 0. The Morgan fingerprint density at radius 2 is 2.36 bits per heavy atom. The van der Waals surface area contributed by atoms with Crippen molar-refractivity contribution in [1.29, 1.82) is 0 Å². The lowest BCUT2D eigenvalue weighted by molar-refractivity contribution is -0.110. The van der Waals surface area contributed by atoms with Crippen molar-refractivity contribution in [2.45, 2.75) is 6.42 Å². The van der Waals surface area contributed by atoms with E-state index in [0.29, 0.717) is 12.5 Å². The summed E-state index contributed by atoms with van der Waals surface area (Å²) >= 11 is 0. The molecule has 0 fully saturated rings. The molecular weight excluding hydrogens is 174 g/mol. The van der Waals surface area contributed by atoms with E-state index in [1.54, 1.807) is 12.2 Å². The Bertz CT molecular complexity index is 385. The van der Waals surface area contributed by atoms with Gasteiger partial charge in [0.2, 0.25) is 0 Å². The molecule has 0 spiro atoms. The monoisotopic (exact) mass is 187 g/mol. The fourth-order valence-corrected chi connectivity index (χ4v) is 2.11. The highest BCUT2D eigenvalue weighted by Crippen LogP contribution is 2.44. The highest BCUT2D eigenvalue weighted by atomic mass is 16.1. The number of nitrogens with two attached hydrogens (primary N) is 1. The third kappa shape index (κ3) is 1.19. The molecule has 0 saturated carbocycles. The third-order valence-electron chi connectivity index (χ3n) is 2.77. The minimum atomic E-state index is 0.0693. The Kier molecular flexibility index (Phi) is 2.22. The van der Waals surface area contributed by atoms with Crippen LogP contribution in [0.1, 0.15) is 6.42 Å². The first-order valence-corrected chi connectivity index (χ1v) is 4.75. The van der Waals surface area contributed by atoms with Gasteiger partial charge >= 0.3 is 0 Å². The molecule has 0 aromatic rings. The maximum absolute atomic E-state index is 11.1. The predicted molar refractivity (Wildman–Crippen MR) is 56.6 cm³/mol. The lowest BCUT2D eigenvalue weighted by Crippen LogP contribution is -2.28. The largest absolute Gasteiger partial charge is 0.326 e. The van der Waals surface area contributed by atoms with Crippen LogP contribution < -0.4 is 5.73 Å². The summed E-state index contributed by atoms with van der Waals surface area (Å²) in [6.45, 7) is 4.24. The zero-order valence-corrected chi connectivity index (χ0v) is 7.99. The zero-order chi connectivity index (χ0) is 10.1. The molecule has 2 heteroatoms. The van der Waals surface area contributed by atoms with Crippen molar-refractivity contribution in [2.24, 2.45) is 11.7 Å². The van der Waals surface area contributed by atoms with E-state index < -0.39 is 0 Å². The second-order valence-electron chi connectivity index (χ2n) is 3.54. The fraction of sp³-hybridized carbons (Fsp3) is 0.250. The van der Waals surface area contributed by atoms with Gasteiger partial charge in [0.25, 0.3) is 0 Å². The SMILES string of the molecule is C=CCC1=C(CN)C2=CC(=O)C=CC21. The number of hydrogen-bond acceptors (Lipinski definition) is 2. The summed E-state index contributed by atoms with van der Waals surface area (Å²) in [5.74, 6) is 0.393. The van der Waals surface area contributed by atoms with E-state index in [1.807, 2.05) is 12.2 Å². The van der Waals surface area contributed by atoms with Crippen LogP contribution in [0.3, 0.4) is 0 Å². The summed E-state index contributed by atoms with van der Waals surface area (Å²) in [6.07, 6.45) is 8.03. The Balaban J connectivity index is 2.36. The van der Waals surface area contributed by atoms with Gasteiger partial charge in [-0.2, -0.15) is 0 Å². The molecule has 2 N–H and O–H groups in total. The van der Waals surface area contributed by atoms with E-state index in [4.69, 9.17) is 5.73 Å². The summed E-state index contributed by atoms with van der Waals surface area (Å²) in [5.41, 5.74) is 9.21. The molecule has 2 rings (SSSR count). The maximum atomic E-state index is 11.1. The first kappa shape index (κ1) is 9.16. The molecule has 14 heavy (non-hydrogen) atoms. The van der Waals surface area contributed by atoms with Crippen LogP contribution in [0.2, 0.25) is 0 Å². The van der Waals surface area contributed by atoms with Crippen molar-refractivity contribution in [3.63, 3.8) is 0 Å². The standard InChI is InChI=1S/C12H13NO/c1-2-3-9-10-5-4-8(14)6-11(10)12(9)7-13/h2,4-6,10H,1,3,7,13H2. The third-order valence-corrected chi connectivity index (χ3v) is 2.77. The number of carbonyl (C=O) groups excluding carboxylic acids is 1.